The van der Waals surface area contributed by atoms with Gasteiger partial charge in [0.1, 0.15) is 6.33 Å². The van der Waals surface area contributed by atoms with Crippen LogP contribution in [0.4, 0.5) is 0 Å². The summed E-state index contributed by atoms with van der Waals surface area (Å²) >= 11 is 0. The molecule has 1 saturated heterocycles. The van der Waals surface area contributed by atoms with Crippen molar-refractivity contribution in [3.63, 3.8) is 0 Å². The van der Waals surface area contributed by atoms with Gasteiger partial charge in [0.15, 0.2) is 0 Å². The van der Waals surface area contributed by atoms with E-state index in [1.807, 2.05) is 6.20 Å². The van der Waals surface area contributed by atoms with Crippen LogP contribution in [-0.4, -0.2) is 23.1 Å². The van der Waals surface area contributed by atoms with Gasteiger partial charge in [-0.15, -0.1) is 0 Å². The second-order valence-corrected chi connectivity index (χ2v) is 4.37. The van der Waals surface area contributed by atoms with Gasteiger partial charge in [-0.1, -0.05) is 6.07 Å². The predicted octanol–water partition coefficient (Wildman–Crippen LogP) is 2.10. The van der Waals surface area contributed by atoms with E-state index in [4.69, 9.17) is 0 Å². The fraction of sp³-hybridized carbons (Fsp3) is 0.385. The SMILES string of the molecule is c1ncc2cc(C3CCNCC3)ccc2n1. The number of piperidine rings is 1. The summed E-state index contributed by atoms with van der Waals surface area (Å²) in [5.74, 6) is 0.700. The molecule has 3 heteroatoms. The Morgan fingerprint density at radius 3 is 2.94 bits per heavy atom. The van der Waals surface area contributed by atoms with Gasteiger partial charge >= 0.3 is 0 Å². The third-order valence-electron chi connectivity index (χ3n) is 3.34. The molecule has 3 nitrogen and oxygen atoms in total. The number of nitrogens with zero attached hydrogens (tertiary/aromatic N) is 2. The van der Waals surface area contributed by atoms with Gasteiger partial charge in [-0.25, -0.2) is 9.97 Å². The molecule has 1 aliphatic rings. The minimum atomic E-state index is 0.700. The summed E-state index contributed by atoms with van der Waals surface area (Å²) in [6.07, 6.45) is 5.97. The molecule has 1 fully saturated rings. The molecular formula is C13H15N3. The first-order chi connectivity index (χ1) is 7.93. The van der Waals surface area contributed by atoms with Gasteiger partial charge in [-0.05, 0) is 49.5 Å². The smallest absolute Gasteiger partial charge is 0.116 e. The van der Waals surface area contributed by atoms with Gasteiger partial charge < -0.3 is 5.32 Å². The Labute approximate surface area is 94.9 Å². The summed E-state index contributed by atoms with van der Waals surface area (Å²) < 4.78 is 0. The van der Waals surface area contributed by atoms with Crippen LogP contribution in [-0.2, 0) is 0 Å². The van der Waals surface area contributed by atoms with Crippen molar-refractivity contribution in [1.82, 2.24) is 15.3 Å². The van der Waals surface area contributed by atoms with Crippen LogP contribution in [0.15, 0.2) is 30.7 Å². The highest BCUT2D eigenvalue weighted by molar-refractivity contribution is 5.78. The Bertz CT molecular complexity index is 489. The lowest BCUT2D eigenvalue weighted by molar-refractivity contribution is 0.460. The fourth-order valence-corrected chi connectivity index (χ4v) is 2.41. The van der Waals surface area contributed by atoms with Gasteiger partial charge in [0.05, 0.1) is 5.52 Å². The van der Waals surface area contributed by atoms with E-state index in [-0.39, 0.29) is 0 Å². The largest absolute Gasteiger partial charge is 0.317 e. The van der Waals surface area contributed by atoms with Crippen molar-refractivity contribution in [3.05, 3.63) is 36.3 Å². The van der Waals surface area contributed by atoms with Crippen molar-refractivity contribution in [2.24, 2.45) is 0 Å². The van der Waals surface area contributed by atoms with Gasteiger partial charge in [-0.2, -0.15) is 0 Å². The normalized spacial score (nSPS) is 17.8. The van der Waals surface area contributed by atoms with Crippen molar-refractivity contribution >= 4 is 10.9 Å². The molecule has 0 aliphatic carbocycles. The first-order valence-corrected chi connectivity index (χ1v) is 5.84. The van der Waals surface area contributed by atoms with Crippen LogP contribution >= 0.6 is 0 Å². The van der Waals surface area contributed by atoms with Crippen LogP contribution in [0, 0.1) is 0 Å². The number of hydrogen-bond donors (Lipinski definition) is 1. The topological polar surface area (TPSA) is 37.8 Å². The summed E-state index contributed by atoms with van der Waals surface area (Å²) in [6, 6.07) is 6.56. The Balaban J connectivity index is 1.97. The minimum absolute atomic E-state index is 0.700. The molecule has 0 saturated carbocycles. The molecule has 1 aliphatic heterocycles. The lowest BCUT2D eigenvalue weighted by Crippen LogP contribution is -2.26. The standard InChI is InChI=1S/C13H15N3/c1-2-13-12(8-15-9-16-13)7-11(1)10-3-5-14-6-4-10/h1-2,7-10,14H,3-6H2. The Hall–Kier alpha value is -1.48. The van der Waals surface area contributed by atoms with Crippen LogP contribution < -0.4 is 5.32 Å². The zero-order valence-electron chi connectivity index (χ0n) is 9.19. The van der Waals surface area contributed by atoms with E-state index in [0.717, 1.165) is 24.0 Å². The molecule has 16 heavy (non-hydrogen) atoms. The second kappa shape index (κ2) is 4.18. The van der Waals surface area contributed by atoms with E-state index >= 15 is 0 Å². The van der Waals surface area contributed by atoms with Crippen LogP contribution in [0.1, 0.15) is 24.3 Å². The molecule has 0 atom stereocenters. The van der Waals surface area contributed by atoms with Crippen LogP contribution in [0.5, 0.6) is 0 Å². The maximum atomic E-state index is 4.24. The number of aromatic nitrogens is 2. The quantitative estimate of drug-likeness (QED) is 0.788. The molecule has 1 aromatic carbocycles. The third kappa shape index (κ3) is 1.78. The molecule has 0 unspecified atom stereocenters. The molecule has 0 bridgehead atoms. The van der Waals surface area contributed by atoms with Crippen LogP contribution in [0.25, 0.3) is 10.9 Å². The highest BCUT2D eigenvalue weighted by Gasteiger charge is 2.15. The highest BCUT2D eigenvalue weighted by Crippen LogP contribution is 2.27. The Morgan fingerprint density at radius 1 is 1.19 bits per heavy atom. The van der Waals surface area contributed by atoms with Gasteiger partial charge in [0.2, 0.25) is 0 Å². The second-order valence-electron chi connectivity index (χ2n) is 4.37. The van der Waals surface area contributed by atoms with E-state index in [1.165, 1.54) is 18.4 Å². The van der Waals surface area contributed by atoms with E-state index in [9.17, 15) is 0 Å². The monoisotopic (exact) mass is 213 g/mol. The molecule has 0 radical (unpaired) electrons. The number of fused-ring (bicyclic) bond motifs is 1. The summed E-state index contributed by atoms with van der Waals surface area (Å²) in [4.78, 5) is 8.32. The van der Waals surface area contributed by atoms with E-state index in [0.29, 0.717) is 5.92 Å². The van der Waals surface area contributed by atoms with E-state index in [2.05, 4.69) is 33.5 Å². The molecule has 1 N–H and O–H groups in total. The Morgan fingerprint density at radius 2 is 2.06 bits per heavy atom. The van der Waals surface area contributed by atoms with Gasteiger partial charge in [-0.3, -0.25) is 0 Å². The number of nitrogens with one attached hydrogen (secondary N) is 1. The van der Waals surface area contributed by atoms with Crippen molar-refractivity contribution in [1.29, 1.82) is 0 Å². The summed E-state index contributed by atoms with van der Waals surface area (Å²) in [6.45, 7) is 2.27. The maximum Gasteiger partial charge on any atom is 0.116 e. The van der Waals surface area contributed by atoms with Crippen molar-refractivity contribution in [3.8, 4) is 0 Å². The first-order valence-electron chi connectivity index (χ1n) is 5.84. The number of benzene rings is 1. The predicted molar refractivity (Wildman–Crippen MR) is 64.4 cm³/mol. The van der Waals surface area contributed by atoms with Gasteiger partial charge in [0.25, 0.3) is 0 Å². The molecule has 1 aromatic heterocycles. The van der Waals surface area contributed by atoms with Crippen molar-refractivity contribution in [2.45, 2.75) is 18.8 Å². The lowest BCUT2D eigenvalue weighted by atomic mass is 9.90. The first kappa shape index (κ1) is 9.73. The highest BCUT2D eigenvalue weighted by atomic mass is 14.9. The number of hydrogen-bond acceptors (Lipinski definition) is 3. The third-order valence-corrected chi connectivity index (χ3v) is 3.34. The minimum Gasteiger partial charge on any atom is -0.317 e. The molecule has 82 valence electrons. The van der Waals surface area contributed by atoms with E-state index < -0.39 is 0 Å². The maximum absolute atomic E-state index is 4.24. The molecule has 0 amide bonds. The summed E-state index contributed by atoms with van der Waals surface area (Å²) in [5, 5.41) is 4.55. The molecule has 3 rings (SSSR count). The summed E-state index contributed by atoms with van der Waals surface area (Å²) in [5.41, 5.74) is 2.47. The van der Waals surface area contributed by atoms with Crippen LogP contribution in [0.2, 0.25) is 0 Å². The van der Waals surface area contributed by atoms with Crippen LogP contribution in [0.3, 0.4) is 0 Å². The fourth-order valence-electron chi connectivity index (χ4n) is 2.41. The lowest BCUT2D eigenvalue weighted by Gasteiger charge is -2.23. The zero-order chi connectivity index (χ0) is 10.8. The number of rotatable bonds is 1. The molecule has 2 heterocycles. The van der Waals surface area contributed by atoms with Crippen molar-refractivity contribution < 1.29 is 0 Å². The molecule has 2 aromatic rings. The molecular weight excluding hydrogens is 198 g/mol. The average molecular weight is 213 g/mol. The average Bonchev–Trinajstić information content (AvgIpc) is 2.39. The van der Waals surface area contributed by atoms with Gasteiger partial charge in [0, 0.05) is 11.6 Å². The molecule has 0 spiro atoms. The zero-order valence-corrected chi connectivity index (χ0v) is 9.19. The van der Waals surface area contributed by atoms with E-state index in [1.54, 1.807) is 6.33 Å². The summed E-state index contributed by atoms with van der Waals surface area (Å²) in [7, 11) is 0. The Kier molecular flexibility index (Phi) is 2.54. The van der Waals surface area contributed by atoms with Crippen molar-refractivity contribution in [2.75, 3.05) is 13.1 Å².